The smallest absolute Gasteiger partial charge is 0.386 e. The minimum absolute atomic E-state index is 0.0379. The van der Waals surface area contributed by atoms with Gasteiger partial charge in [-0.15, -0.1) is 11.8 Å². The maximum absolute atomic E-state index is 13.9. The SMILES string of the molecule is CSC(C(F)(F)F)C(F)(F)C(O)C1CC2C=CC1C2. The molecule has 110 valence electrons. The lowest BCUT2D eigenvalue weighted by molar-refractivity contribution is -0.216. The van der Waals surface area contributed by atoms with Crippen LogP contribution in [0.4, 0.5) is 22.0 Å². The van der Waals surface area contributed by atoms with Gasteiger partial charge < -0.3 is 5.11 Å². The first kappa shape index (κ1) is 15.1. The summed E-state index contributed by atoms with van der Waals surface area (Å²) in [6, 6.07) is 0. The second-order valence-electron chi connectivity index (χ2n) is 5.22. The van der Waals surface area contributed by atoms with Crippen molar-refractivity contribution in [2.45, 2.75) is 36.3 Å². The normalized spacial score (nSPS) is 33.7. The van der Waals surface area contributed by atoms with Gasteiger partial charge in [0.2, 0.25) is 0 Å². The second kappa shape index (κ2) is 4.91. The van der Waals surface area contributed by atoms with Gasteiger partial charge in [0.05, 0.1) is 0 Å². The zero-order valence-electron chi connectivity index (χ0n) is 10.2. The summed E-state index contributed by atoms with van der Waals surface area (Å²) in [5, 5.41) is 6.90. The highest BCUT2D eigenvalue weighted by atomic mass is 32.2. The molecule has 0 aromatic carbocycles. The number of halogens is 5. The Morgan fingerprint density at radius 3 is 2.16 bits per heavy atom. The second-order valence-corrected chi connectivity index (χ2v) is 6.16. The molecule has 2 rings (SSSR count). The van der Waals surface area contributed by atoms with Crippen molar-refractivity contribution in [2.24, 2.45) is 17.8 Å². The first-order valence-electron chi connectivity index (χ1n) is 6.01. The Morgan fingerprint density at radius 1 is 1.16 bits per heavy atom. The van der Waals surface area contributed by atoms with Crippen molar-refractivity contribution >= 4 is 11.8 Å². The molecule has 1 nitrogen and oxygen atoms in total. The van der Waals surface area contributed by atoms with Gasteiger partial charge in [-0.1, -0.05) is 12.2 Å². The monoisotopic (exact) mass is 302 g/mol. The number of allylic oxidation sites excluding steroid dienone is 2. The number of aliphatic hydroxyl groups is 1. The van der Waals surface area contributed by atoms with E-state index in [-0.39, 0.29) is 23.6 Å². The third kappa shape index (κ3) is 2.63. The van der Waals surface area contributed by atoms with Crippen LogP contribution in [-0.4, -0.2) is 34.8 Å². The molecule has 5 atom stereocenters. The predicted molar refractivity (Wildman–Crippen MR) is 63.2 cm³/mol. The Balaban J connectivity index is 2.16. The maximum Gasteiger partial charge on any atom is 0.406 e. The largest absolute Gasteiger partial charge is 0.406 e. The molecule has 0 aromatic heterocycles. The van der Waals surface area contributed by atoms with Gasteiger partial charge in [0.25, 0.3) is 5.92 Å². The zero-order chi connectivity index (χ0) is 14.4. The van der Waals surface area contributed by atoms with Crippen LogP contribution in [0.1, 0.15) is 12.8 Å². The molecule has 0 aliphatic heterocycles. The number of hydrogen-bond acceptors (Lipinski definition) is 2. The fraction of sp³-hybridized carbons (Fsp3) is 0.833. The molecular formula is C12H15F5OS. The number of aliphatic hydroxyl groups excluding tert-OH is 1. The van der Waals surface area contributed by atoms with Crippen LogP contribution >= 0.6 is 11.8 Å². The Bertz CT molecular complexity index is 368. The number of rotatable bonds is 4. The predicted octanol–water partition coefficient (Wildman–Crippen LogP) is 3.49. The molecule has 1 saturated carbocycles. The maximum atomic E-state index is 13.9. The molecule has 5 unspecified atom stereocenters. The summed E-state index contributed by atoms with van der Waals surface area (Å²) in [6.07, 6.45) is -1.66. The van der Waals surface area contributed by atoms with E-state index in [2.05, 4.69) is 0 Å². The topological polar surface area (TPSA) is 20.2 Å². The Labute approximate surface area is 112 Å². The molecule has 0 radical (unpaired) electrons. The molecule has 0 aromatic rings. The van der Waals surface area contributed by atoms with Crippen LogP contribution < -0.4 is 0 Å². The summed E-state index contributed by atoms with van der Waals surface area (Å²) in [7, 11) is 0. The summed E-state index contributed by atoms with van der Waals surface area (Å²) < 4.78 is 65.8. The molecular weight excluding hydrogens is 287 g/mol. The van der Waals surface area contributed by atoms with Crippen LogP contribution in [0, 0.1) is 17.8 Å². The van der Waals surface area contributed by atoms with Gasteiger partial charge in [-0.3, -0.25) is 0 Å². The minimum Gasteiger partial charge on any atom is -0.386 e. The van der Waals surface area contributed by atoms with Crippen molar-refractivity contribution in [3.05, 3.63) is 12.2 Å². The molecule has 0 heterocycles. The van der Waals surface area contributed by atoms with E-state index in [9.17, 15) is 27.1 Å². The van der Waals surface area contributed by atoms with E-state index in [0.29, 0.717) is 12.8 Å². The molecule has 2 aliphatic rings. The van der Waals surface area contributed by atoms with Crippen molar-refractivity contribution < 1.29 is 27.1 Å². The first-order chi connectivity index (χ1) is 8.67. The van der Waals surface area contributed by atoms with E-state index in [4.69, 9.17) is 0 Å². The quantitative estimate of drug-likeness (QED) is 0.634. The lowest BCUT2D eigenvalue weighted by Gasteiger charge is -2.35. The lowest BCUT2D eigenvalue weighted by atomic mass is 9.84. The number of hydrogen-bond donors (Lipinski definition) is 1. The van der Waals surface area contributed by atoms with Crippen molar-refractivity contribution in [3.8, 4) is 0 Å². The molecule has 7 heteroatoms. The summed E-state index contributed by atoms with van der Waals surface area (Å²) in [4.78, 5) is 0. The number of alkyl halides is 5. The van der Waals surface area contributed by atoms with Crippen LogP contribution in [0.3, 0.4) is 0 Å². The van der Waals surface area contributed by atoms with Gasteiger partial charge in [0, 0.05) is 0 Å². The molecule has 0 saturated heterocycles. The van der Waals surface area contributed by atoms with Gasteiger partial charge in [0.15, 0.2) is 5.25 Å². The van der Waals surface area contributed by atoms with Crippen molar-refractivity contribution in [3.63, 3.8) is 0 Å². The third-order valence-corrected chi connectivity index (χ3v) is 5.07. The van der Waals surface area contributed by atoms with E-state index >= 15 is 0 Å². The van der Waals surface area contributed by atoms with Crippen LogP contribution in [0.2, 0.25) is 0 Å². The van der Waals surface area contributed by atoms with Gasteiger partial charge in [-0.25, -0.2) is 8.78 Å². The summed E-state index contributed by atoms with van der Waals surface area (Å²) in [5.74, 6) is -5.04. The standard InChI is InChI=1S/C12H15F5OS/c1-19-10(12(15,16)17)11(13,14)9(18)8-5-6-2-3-7(8)4-6/h2-3,6-10,18H,4-5H2,1H3. The molecule has 2 aliphatic carbocycles. The molecule has 1 fully saturated rings. The molecule has 0 amide bonds. The van der Waals surface area contributed by atoms with Gasteiger partial charge in [-0.05, 0) is 36.9 Å². The highest BCUT2D eigenvalue weighted by molar-refractivity contribution is 7.99. The van der Waals surface area contributed by atoms with E-state index in [1.165, 1.54) is 0 Å². The molecule has 1 N–H and O–H groups in total. The highest BCUT2D eigenvalue weighted by Gasteiger charge is 2.61. The number of thioether (sulfide) groups is 1. The Morgan fingerprint density at radius 2 is 1.79 bits per heavy atom. The summed E-state index contributed by atoms with van der Waals surface area (Å²) in [6.45, 7) is 0. The van der Waals surface area contributed by atoms with E-state index in [1.807, 2.05) is 6.08 Å². The van der Waals surface area contributed by atoms with Gasteiger partial charge >= 0.3 is 6.18 Å². The average molecular weight is 302 g/mol. The number of fused-ring (bicyclic) bond motifs is 2. The minimum atomic E-state index is -5.03. The fourth-order valence-corrected chi connectivity index (χ4v) is 3.86. The van der Waals surface area contributed by atoms with Crippen molar-refractivity contribution in [2.75, 3.05) is 6.26 Å². The Kier molecular flexibility index (Phi) is 3.90. The zero-order valence-corrected chi connectivity index (χ0v) is 11.0. The van der Waals surface area contributed by atoms with Gasteiger partial charge in [0.1, 0.15) is 6.10 Å². The van der Waals surface area contributed by atoms with Crippen LogP contribution in [0.15, 0.2) is 12.2 Å². The molecule has 2 bridgehead atoms. The lowest BCUT2D eigenvalue weighted by Crippen LogP contribution is -2.53. The molecule has 19 heavy (non-hydrogen) atoms. The van der Waals surface area contributed by atoms with Crippen molar-refractivity contribution in [1.29, 1.82) is 0 Å². The van der Waals surface area contributed by atoms with E-state index in [1.54, 1.807) is 6.08 Å². The Hall–Kier alpha value is -0.300. The van der Waals surface area contributed by atoms with Crippen LogP contribution in [0.5, 0.6) is 0 Å². The van der Waals surface area contributed by atoms with E-state index in [0.717, 1.165) is 6.26 Å². The highest BCUT2D eigenvalue weighted by Crippen LogP contribution is 2.50. The van der Waals surface area contributed by atoms with Crippen LogP contribution in [-0.2, 0) is 0 Å². The fourth-order valence-electron chi connectivity index (χ4n) is 3.14. The first-order valence-corrected chi connectivity index (χ1v) is 7.30. The van der Waals surface area contributed by atoms with E-state index < -0.39 is 29.4 Å². The third-order valence-electron chi connectivity index (χ3n) is 4.01. The summed E-state index contributed by atoms with van der Waals surface area (Å²) >= 11 is 0.0379. The van der Waals surface area contributed by atoms with Crippen molar-refractivity contribution in [1.82, 2.24) is 0 Å². The average Bonchev–Trinajstić information content (AvgIpc) is 2.87. The molecule has 0 spiro atoms. The van der Waals surface area contributed by atoms with Crippen LogP contribution in [0.25, 0.3) is 0 Å². The van der Waals surface area contributed by atoms with Gasteiger partial charge in [-0.2, -0.15) is 13.2 Å². The summed E-state index contributed by atoms with van der Waals surface area (Å²) in [5.41, 5.74) is 0.